The van der Waals surface area contributed by atoms with Gasteiger partial charge in [0.1, 0.15) is 17.5 Å². The fourth-order valence-corrected chi connectivity index (χ4v) is 1.38. The van der Waals surface area contributed by atoms with Crippen LogP contribution in [0.4, 0.5) is 5.82 Å². The van der Waals surface area contributed by atoms with Crippen molar-refractivity contribution in [2.24, 2.45) is 0 Å². The Balaban J connectivity index is 2.73. The van der Waals surface area contributed by atoms with Crippen molar-refractivity contribution in [1.29, 1.82) is 5.26 Å². The second kappa shape index (κ2) is 6.74. The molecule has 0 aliphatic heterocycles. The fourth-order valence-electron chi connectivity index (χ4n) is 1.38. The van der Waals surface area contributed by atoms with Crippen LogP contribution in [-0.2, 0) is 11.3 Å². The quantitative estimate of drug-likeness (QED) is 0.720. The third kappa shape index (κ3) is 3.84. The Morgan fingerprint density at radius 1 is 1.67 bits per heavy atom. The van der Waals surface area contributed by atoms with E-state index in [0.717, 1.165) is 0 Å². The van der Waals surface area contributed by atoms with Crippen LogP contribution in [0.15, 0.2) is 6.20 Å². The summed E-state index contributed by atoms with van der Waals surface area (Å²) in [7, 11) is 3.76. The van der Waals surface area contributed by atoms with Gasteiger partial charge in [0.15, 0.2) is 0 Å². The number of hydrogen-bond donors (Lipinski definition) is 2. The summed E-state index contributed by atoms with van der Waals surface area (Å²) in [6, 6.07) is 1.95. The molecule has 2 N–H and O–H groups in total. The molecule has 0 saturated heterocycles. The number of anilines is 1. The van der Waals surface area contributed by atoms with Crippen LogP contribution < -0.4 is 5.32 Å². The van der Waals surface area contributed by atoms with E-state index >= 15 is 0 Å². The lowest BCUT2D eigenvalue weighted by Crippen LogP contribution is -2.22. The first-order valence-electron chi connectivity index (χ1n) is 5.59. The molecule has 1 rings (SSSR count). The number of aliphatic hydroxyl groups is 1. The summed E-state index contributed by atoms with van der Waals surface area (Å²) in [5.74, 6) is 0.162. The van der Waals surface area contributed by atoms with Crippen molar-refractivity contribution in [2.45, 2.75) is 13.0 Å². The lowest BCUT2D eigenvalue weighted by molar-refractivity contribution is -0.116. The zero-order chi connectivity index (χ0) is 13.5. The summed E-state index contributed by atoms with van der Waals surface area (Å²) < 4.78 is 1.41. The van der Waals surface area contributed by atoms with Crippen LogP contribution >= 0.6 is 0 Å². The van der Waals surface area contributed by atoms with Gasteiger partial charge in [-0.25, -0.2) is 4.68 Å². The maximum atomic E-state index is 11.7. The van der Waals surface area contributed by atoms with Crippen molar-refractivity contribution in [3.63, 3.8) is 0 Å². The summed E-state index contributed by atoms with van der Waals surface area (Å²) in [6.07, 6.45) is 1.71. The van der Waals surface area contributed by atoms with Gasteiger partial charge in [-0.15, -0.1) is 0 Å². The average molecular weight is 251 g/mol. The van der Waals surface area contributed by atoms with E-state index in [-0.39, 0.29) is 19.1 Å². The number of nitriles is 1. The minimum absolute atomic E-state index is 0.104. The normalized spacial score (nSPS) is 10.4. The lowest BCUT2D eigenvalue weighted by atomic mass is 10.3. The van der Waals surface area contributed by atoms with Gasteiger partial charge in [0.25, 0.3) is 0 Å². The molecule has 18 heavy (non-hydrogen) atoms. The van der Waals surface area contributed by atoms with E-state index in [2.05, 4.69) is 10.4 Å². The summed E-state index contributed by atoms with van der Waals surface area (Å²) >= 11 is 0. The monoisotopic (exact) mass is 251 g/mol. The van der Waals surface area contributed by atoms with Crippen molar-refractivity contribution in [3.8, 4) is 6.07 Å². The Hall–Kier alpha value is -1.91. The topological polar surface area (TPSA) is 94.2 Å². The number of aliphatic hydroxyl groups excluding tert-OH is 1. The largest absolute Gasteiger partial charge is 0.394 e. The highest BCUT2D eigenvalue weighted by molar-refractivity contribution is 5.91. The van der Waals surface area contributed by atoms with Crippen molar-refractivity contribution < 1.29 is 9.90 Å². The molecule has 1 aromatic rings. The van der Waals surface area contributed by atoms with Crippen LogP contribution in [0.3, 0.4) is 0 Å². The van der Waals surface area contributed by atoms with Crippen molar-refractivity contribution in [3.05, 3.63) is 11.8 Å². The zero-order valence-corrected chi connectivity index (χ0v) is 10.6. The summed E-state index contributed by atoms with van der Waals surface area (Å²) in [5, 5.41) is 24.4. The number of amides is 1. The zero-order valence-electron chi connectivity index (χ0n) is 10.6. The molecule has 0 aliphatic carbocycles. The van der Waals surface area contributed by atoms with Gasteiger partial charge in [-0.1, -0.05) is 0 Å². The van der Waals surface area contributed by atoms with Crippen molar-refractivity contribution in [1.82, 2.24) is 14.7 Å². The van der Waals surface area contributed by atoms with Crippen molar-refractivity contribution in [2.75, 3.05) is 32.6 Å². The maximum Gasteiger partial charge on any atom is 0.226 e. The Kier molecular flexibility index (Phi) is 5.30. The van der Waals surface area contributed by atoms with E-state index in [1.807, 2.05) is 25.1 Å². The molecule has 0 spiro atoms. The van der Waals surface area contributed by atoms with Crippen molar-refractivity contribution >= 4 is 11.7 Å². The molecule has 1 amide bonds. The van der Waals surface area contributed by atoms with E-state index in [9.17, 15) is 4.79 Å². The number of aromatic nitrogens is 2. The highest BCUT2D eigenvalue weighted by atomic mass is 16.3. The molecule has 0 saturated carbocycles. The molecule has 0 fully saturated rings. The second-order valence-electron chi connectivity index (χ2n) is 4.07. The molecular formula is C11H17N5O2. The number of hydrogen-bond acceptors (Lipinski definition) is 5. The van der Waals surface area contributed by atoms with Crippen LogP contribution in [0.5, 0.6) is 0 Å². The first-order valence-corrected chi connectivity index (χ1v) is 5.59. The SMILES string of the molecule is CN(C)CCC(=O)Nc1c(C#N)cnn1CCO. The molecule has 7 heteroatoms. The van der Waals surface area contributed by atoms with E-state index in [4.69, 9.17) is 10.4 Å². The number of nitrogens with one attached hydrogen (secondary N) is 1. The average Bonchev–Trinajstić information content (AvgIpc) is 2.70. The third-order valence-corrected chi connectivity index (χ3v) is 2.32. The van der Waals surface area contributed by atoms with Gasteiger partial charge in [-0.2, -0.15) is 10.4 Å². The smallest absolute Gasteiger partial charge is 0.226 e. The molecule has 0 bridgehead atoms. The summed E-state index contributed by atoms with van der Waals surface area (Å²) in [6.45, 7) is 0.764. The van der Waals surface area contributed by atoms with Gasteiger partial charge in [0.2, 0.25) is 5.91 Å². The summed E-state index contributed by atoms with van der Waals surface area (Å²) in [5.41, 5.74) is 0.293. The number of nitrogens with zero attached hydrogens (tertiary/aromatic N) is 4. The number of carbonyl (C=O) groups excluding carboxylic acids is 1. The standard InChI is InChI=1S/C11H17N5O2/c1-15(2)4-3-10(18)14-11-9(7-12)8-13-16(11)5-6-17/h8,17H,3-6H2,1-2H3,(H,14,18). The Morgan fingerprint density at radius 2 is 2.39 bits per heavy atom. The third-order valence-electron chi connectivity index (χ3n) is 2.32. The van der Waals surface area contributed by atoms with E-state index in [1.54, 1.807) is 0 Å². The minimum atomic E-state index is -0.181. The number of rotatable bonds is 6. The fraction of sp³-hybridized carbons (Fsp3) is 0.545. The predicted octanol–water partition coefficient (Wildman–Crippen LogP) is -0.363. The molecule has 0 radical (unpaired) electrons. The lowest BCUT2D eigenvalue weighted by Gasteiger charge is -2.11. The van der Waals surface area contributed by atoms with E-state index in [1.165, 1.54) is 10.9 Å². The van der Waals surface area contributed by atoms with Crippen LogP contribution in [0.25, 0.3) is 0 Å². The van der Waals surface area contributed by atoms with E-state index < -0.39 is 0 Å². The highest BCUT2D eigenvalue weighted by Crippen LogP contribution is 2.14. The Labute approximate surface area is 106 Å². The molecule has 0 aromatic carbocycles. The molecule has 0 unspecified atom stereocenters. The maximum absolute atomic E-state index is 11.7. The predicted molar refractivity (Wildman–Crippen MR) is 65.8 cm³/mol. The molecule has 0 aliphatic rings. The highest BCUT2D eigenvalue weighted by Gasteiger charge is 2.13. The van der Waals surface area contributed by atoms with Gasteiger partial charge in [-0.3, -0.25) is 4.79 Å². The first-order chi connectivity index (χ1) is 8.58. The van der Waals surface area contributed by atoms with Gasteiger partial charge in [0.05, 0.1) is 19.3 Å². The van der Waals surface area contributed by atoms with Crippen LogP contribution in [-0.4, -0.2) is 52.9 Å². The van der Waals surface area contributed by atoms with Gasteiger partial charge in [-0.05, 0) is 14.1 Å². The second-order valence-corrected chi connectivity index (χ2v) is 4.07. The van der Waals surface area contributed by atoms with Crippen LogP contribution in [0.1, 0.15) is 12.0 Å². The first kappa shape index (κ1) is 14.2. The molecule has 1 aromatic heterocycles. The molecule has 1 heterocycles. The molecule has 98 valence electrons. The molecular weight excluding hydrogens is 234 g/mol. The Bertz CT molecular complexity index is 447. The molecule has 7 nitrogen and oxygen atoms in total. The van der Waals surface area contributed by atoms with E-state index in [0.29, 0.717) is 24.3 Å². The van der Waals surface area contributed by atoms with Gasteiger partial charge in [0, 0.05) is 13.0 Å². The van der Waals surface area contributed by atoms with Gasteiger partial charge < -0.3 is 15.3 Å². The molecule has 0 atom stereocenters. The summed E-state index contributed by atoms with van der Waals surface area (Å²) in [4.78, 5) is 13.6. The Morgan fingerprint density at radius 3 is 2.94 bits per heavy atom. The van der Waals surface area contributed by atoms with Crippen LogP contribution in [0.2, 0.25) is 0 Å². The minimum Gasteiger partial charge on any atom is -0.394 e. The van der Waals surface area contributed by atoms with Crippen LogP contribution in [0, 0.1) is 11.3 Å². The number of carbonyl (C=O) groups is 1. The van der Waals surface area contributed by atoms with Gasteiger partial charge >= 0.3 is 0 Å².